The molecule has 2 heterocycles. The zero-order valence-electron chi connectivity index (χ0n) is 16.3. The van der Waals surface area contributed by atoms with Crippen LogP contribution in [-0.4, -0.2) is 52.6 Å². The van der Waals surface area contributed by atoms with Gasteiger partial charge in [0, 0.05) is 19.0 Å². The minimum atomic E-state index is 0.337. The Balaban J connectivity index is 1.45. The van der Waals surface area contributed by atoms with Crippen LogP contribution in [0, 0.1) is 6.92 Å². The third kappa shape index (κ3) is 5.69. The Kier molecular flexibility index (Phi) is 7.29. The topological polar surface area (TPSA) is 76.4 Å². The molecular weight excluding hydrogens is 328 g/mol. The van der Waals surface area contributed by atoms with Crippen LogP contribution >= 0.6 is 0 Å². The van der Waals surface area contributed by atoms with Crippen LogP contribution < -0.4 is 10.6 Å². The van der Waals surface area contributed by atoms with Crippen molar-refractivity contribution >= 4 is 5.96 Å². The molecule has 0 spiro atoms. The lowest BCUT2D eigenvalue weighted by Gasteiger charge is -2.25. The van der Waals surface area contributed by atoms with E-state index in [-0.39, 0.29) is 0 Å². The van der Waals surface area contributed by atoms with Gasteiger partial charge in [0.15, 0.2) is 5.96 Å². The first-order valence-corrected chi connectivity index (χ1v) is 10.3. The quantitative estimate of drug-likeness (QED) is 0.351. The van der Waals surface area contributed by atoms with Gasteiger partial charge in [-0.05, 0) is 33.1 Å². The summed E-state index contributed by atoms with van der Waals surface area (Å²) in [5.74, 6) is 2.83. The summed E-state index contributed by atoms with van der Waals surface area (Å²) in [4.78, 5) is 9.18. The molecule has 0 bridgehead atoms. The fourth-order valence-electron chi connectivity index (χ4n) is 3.85. The maximum absolute atomic E-state index is 6.05. The van der Waals surface area contributed by atoms with Crippen molar-refractivity contribution < 1.29 is 4.74 Å². The SMILES string of the molecule is CCNC(=NCCOC1CCCCCC1)NC1CCc2nc(C)nn2C1. The molecule has 3 rings (SSSR count). The van der Waals surface area contributed by atoms with Gasteiger partial charge in [0.2, 0.25) is 0 Å². The molecule has 1 aromatic rings. The van der Waals surface area contributed by atoms with Crippen LogP contribution in [0.15, 0.2) is 4.99 Å². The fraction of sp³-hybridized carbons (Fsp3) is 0.842. The Morgan fingerprint density at radius 1 is 1.23 bits per heavy atom. The molecule has 0 aromatic carbocycles. The van der Waals surface area contributed by atoms with Crippen LogP contribution in [-0.2, 0) is 17.7 Å². The first-order valence-electron chi connectivity index (χ1n) is 10.3. The molecule has 1 aliphatic carbocycles. The molecule has 0 amide bonds. The Bertz CT molecular complexity index is 577. The first kappa shape index (κ1) is 19.1. The summed E-state index contributed by atoms with van der Waals surface area (Å²) in [5.41, 5.74) is 0. The van der Waals surface area contributed by atoms with Crippen LogP contribution in [0.3, 0.4) is 0 Å². The van der Waals surface area contributed by atoms with E-state index in [1.807, 2.05) is 11.6 Å². The van der Waals surface area contributed by atoms with E-state index < -0.39 is 0 Å². The number of nitrogens with zero attached hydrogens (tertiary/aromatic N) is 4. The van der Waals surface area contributed by atoms with E-state index in [1.165, 1.54) is 38.5 Å². The number of rotatable bonds is 6. The molecule has 0 saturated heterocycles. The zero-order chi connectivity index (χ0) is 18.2. The van der Waals surface area contributed by atoms with Crippen LogP contribution in [0.4, 0.5) is 0 Å². The van der Waals surface area contributed by atoms with E-state index in [0.29, 0.717) is 25.3 Å². The predicted molar refractivity (Wildman–Crippen MR) is 103 cm³/mol. The minimum Gasteiger partial charge on any atom is -0.376 e. The normalized spacial score (nSPS) is 21.9. The molecule has 1 aromatic heterocycles. The zero-order valence-corrected chi connectivity index (χ0v) is 16.3. The number of hydrogen-bond donors (Lipinski definition) is 2. The smallest absolute Gasteiger partial charge is 0.191 e. The van der Waals surface area contributed by atoms with Crippen LogP contribution in [0.25, 0.3) is 0 Å². The van der Waals surface area contributed by atoms with Gasteiger partial charge >= 0.3 is 0 Å². The lowest BCUT2D eigenvalue weighted by Crippen LogP contribution is -2.47. The molecule has 1 fully saturated rings. The van der Waals surface area contributed by atoms with Crippen molar-refractivity contribution in [3.8, 4) is 0 Å². The molecule has 1 saturated carbocycles. The lowest BCUT2D eigenvalue weighted by molar-refractivity contribution is 0.0487. The third-order valence-corrected chi connectivity index (χ3v) is 5.17. The van der Waals surface area contributed by atoms with E-state index in [9.17, 15) is 0 Å². The number of aromatic nitrogens is 3. The molecule has 7 heteroatoms. The van der Waals surface area contributed by atoms with Crippen molar-refractivity contribution in [3.05, 3.63) is 11.6 Å². The highest BCUT2D eigenvalue weighted by atomic mass is 16.5. The van der Waals surface area contributed by atoms with E-state index in [4.69, 9.17) is 9.73 Å². The number of guanidine groups is 1. The van der Waals surface area contributed by atoms with E-state index >= 15 is 0 Å². The van der Waals surface area contributed by atoms with E-state index in [2.05, 4.69) is 27.6 Å². The van der Waals surface area contributed by atoms with Crippen LogP contribution in [0.2, 0.25) is 0 Å². The minimum absolute atomic E-state index is 0.337. The maximum Gasteiger partial charge on any atom is 0.191 e. The first-order chi connectivity index (χ1) is 12.7. The van der Waals surface area contributed by atoms with Gasteiger partial charge in [0.05, 0.1) is 25.8 Å². The monoisotopic (exact) mass is 362 g/mol. The second-order valence-corrected chi connectivity index (χ2v) is 7.38. The number of aliphatic imine (C=N–C) groups is 1. The Labute approximate surface area is 157 Å². The number of nitrogens with one attached hydrogen (secondary N) is 2. The molecule has 26 heavy (non-hydrogen) atoms. The number of fused-ring (bicyclic) bond motifs is 1. The van der Waals surface area contributed by atoms with Gasteiger partial charge in [-0.3, -0.25) is 4.99 Å². The second kappa shape index (κ2) is 9.90. The van der Waals surface area contributed by atoms with Crippen molar-refractivity contribution in [3.63, 3.8) is 0 Å². The summed E-state index contributed by atoms with van der Waals surface area (Å²) in [6.45, 7) is 7.16. The summed E-state index contributed by atoms with van der Waals surface area (Å²) < 4.78 is 8.07. The highest BCUT2D eigenvalue weighted by molar-refractivity contribution is 5.80. The third-order valence-electron chi connectivity index (χ3n) is 5.17. The predicted octanol–water partition coefficient (Wildman–Crippen LogP) is 2.20. The van der Waals surface area contributed by atoms with E-state index in [0.717, 1.165) is 43.5 Å². The van der Waals surface area contributed by atoms with Crippen molar-refractivity contribution in [2.75, 3.05) is 19.7 Å². The average Bonchev–Trinajstić information content (AvgIpc) is 2.81. The van der Waals surface area contributed by atoms with Gasteiger partial charge in [0.1, 0.15) is 11.6 Å². The number of hydrogen-bond acceptors (Lipinski definition) is 4. The molecule has 7 nitrogen and oxygen atoms in total. The maximum atomic E-state index is 6.05. The lowest BCUT2D eigenvalue weighted by atomic mass is 10.1. The van der Waals surface area contributed by atoms with Gasteiger partial charge in [0.25, 0.3) is 0 Å². The summed E-state index contributed by atoms with van der Waals surface area (Å²) in [7, 11) is 0. The molecule has 2 aliphatic rings. The van der Waals surface area contributed by atoms with Gasteiger partial charge < -0.3 is 15.4 Å². The van der Waals surface area contributed by atoms with Crippen molar-refractivity contribution in [2.45, 2.75) is 83.9 Å². The van der Waals surface area contributed by atoms with E-state index in [1.54, 1.807) is 0 Å². The molecule has 146 valence electrons. The standard InChI is InChI=1S/C19H34N6O/c1-3-20-19(21-12-13-26-17-8-6-4-5-7-9-17)23-16-10-11-18-22-15(2)24-25(18)14-16/h16-17H,3-14H2,1-2H3,(H2,20,21,23). The largest absolute Gasteiger partial charge is 0.376 e. The van der Waals surface area contributed by atoms with Crippen molar-refractivity contribution in [1.29, 1.82) is 0 Å². The number of aryl methyl sites for hydroxylation is 2. The molecule has 0 radical (unpaired) electrons. The average molecular weight is 363 g/mol. The molecule has 1 unspecified atom stereocenters. The van der Waals surface area contributed by atoms with Crippen molar-refractivity contribution in [1.82, 2.24) is 25.4 Å². The van der Waals surface area contributed by atoms with Crippen molar-refractivity contribution in [2.24, 2.45) is 4.99 Å². The van der Waals surface area contributed by atoms with Crippen LogP contribution in [0.1, 0.15) is 63.5 Å². The van der Waals surface area contributed by atoms with Crippen LogP contribution in [0.5, 0.6) is 0 Å². The molecule has 2 N–H and O–H groups in total. The Hall–Kier alpha value is -1.63. The summed E-state index contributed by atoms with van der Waals surface area (Å²) >= 11 is 0. The number of ether oxygens (including phenoxy) is 1. The summed E-state index contributed by atoms with van der Waals surface area (Å²) in [5, 5.41) is 11.4. The van der Waals surface area contributed by atoms with Gasteiger partial charge in [-0.25, -0.2) is 9.67 Å². The Morgan fingerprint density at radius 2 is 2.04 bits per heavy atom. The fourth-order valence-corrected chi connectivity index (χ4v) is 3.85. The highest BCUT2D eigenvalue weighted by Gasteiger charge is 2.21. The van der Waals surface area contributed by atoms with Gasteiger partial charge in [-0.1, -0.05) is 25.7 Å². The molecule has 1 aliphatic heterocycles. The molecular formula is C19H34N6O. The highest BCUT2D eigenvalue weighted by Crippen LogP contribution is 2.19. The second-order valence-electron chi connectivity index (χ2n) is 7.38. The summed E-state index contributed by atoms with van der Waals surface area (Å²) in [6, 6.07) is 0.337. The summed E-state index contributed by atoms with van der Waals surface area (Å²) in [6.07, 6.45) is 10.2. The molecule has 1 atom stereocenters. The van der Waals surface area contributed by atoms with Gasteiger partial charge in [-0.15, -0.1) is 0 Å². The van der Waals surface area contributed by atoms with Gasteiger partial charge in [-0.2, -0.15) is 5.10 Å². The Morgan fingerprint density at radius 3 is 2.81 bits per heavy atom.